The highest BCUT2D eigenvalue weighted by molar-refractivity contribution is 5.95. The fraction of sp³-hybridized carbons (Fsp3) is 0.786. The molecule has 0 aromatic rings. The van der Waals surface area contributed by atoms with Crippen molar-refractivity contribution in [2.45, 2.75) is 26.2 Å². The molecule has 1 rings (SSSR count). The molecule has 4 amide bonds. The summed E-state index contributed by atoms with van der Waals surface area (Å²) >= 11 is 0. The Hall–Kier alpha value is -1.63. The van der Waals surface area contributed by atoms with Crippen LogP contribution in [0.4, 0.5) is 4.79 Å². The first-order chi connectivity index (χ1) is 9.93. The van der Waals surface area contributed by atoms with E-state index in [0.717, 1.165) is 19.3 Å². The van der Waals surface area contributed by atoms with Crippen molar-refractivity contribution in [3.63, 3.8) is 0 Å². The molecule has 0 aromatic carbocycles. The molecule has 1 saturated heterocycles. The van der Waals surface area contributed by atoms with Crippen molar-refractivity contribution < 1.29 is 14.4 Å². The lowest BCUT2D eigenvalue weighted by molar-refractivity contribution is -0.134. The Morgan fingerprint density at radius 3 is 2.33 bits per heavy atom. The Morgan fingerprint density at radius 1 is 1.19 bits per heavy atom. The zero-order chi connectivity index (χ0) is 15.8. The van der Waals surface area contributed by atoms with E-state index in [4.69, 9.17) is 0 Å². The summed E-state index contributed by atoms with van der Waals surface area (Å²) in [5.41, 5.74) is 0. The number of nitrogens with one attached hydrogen (secondary N) is 2. The van der Waals surface area contributed by atoms with E-state index < -0.39 is 6.03 Å². The third kappa shape index (κ3) is 6.12. The fourth-order valence-corrected chi connectivity index (χ4v) is 2.36. The van der Waals surface area contributed by atoms with E-state index in [9.17, 15) is 14.4 Å². The highest BCUT2D eigenvalue weighted by Crippen LogP contribution is 2.18. The van der Waals surface area contributed by atoms with Crippen LogP contribution in [0.5, 0.6) is 0 Å². The number of carbonyl (C=O) groups is 3. The van der Waals surface area contributed by atoms with Crippen molar-refractivity contribution >= 4 is 17.8 Å². The van der Waals surface area contributed by atoms with E-state index >= 15 is 0 Å². The van der Waals surface area contributed by atoms with Gasteiger partial charge in [-0.2, -0.15) is 0 Å². The summed E-state index contributed by atoms with van der Waals surface area (Å²) in [5.74, 6) is -0.105. The molecular formula is C14H26N4O3. The van der Waals surface area contributed by atoms with Crippen LogP contribution >= 0.6 is 0 Å². The first kappa shape index (κ1) is 17.4. The van der Waals surface area contributed by atoms with Crippen molar-refractivity contribution in [3.8, 4) is 0 Å². The maximum Gasteiger partial charge on any atom is 0.321 e. The van der Waals surface area contributed by atoms with E-state index in [1.165, 1.54) is 0 Å². The van der Waals surface area contributed by atoms with Gasteiger partial charge in [0.05, 0.1) is 6.54 Å². The largest absolute Gasteiger partial charge is 0.349 e. The van der Waals surface area contributed by atoms with Gasteiger partial charge in [-0.1, -0.05) is 6.92 Å². The molecular weight excluding hydrogens is 272 g/mol. The van der Waals surface area contributed by atoms with E-state index in [0.29, 0.717) is 19.6 Å². The molecule has 0 radical (unpaired) electrons. The Labute approximate surface area is 126 Å². The molecule has 120 valence electrons. The van der Waals surface area contributed by atoms with Gasteiger partial charge in [0.15, 0.2) is 0 Å². The van der Waals surface area contributed by atoms with Crippen molar-refractivity contribution in [2.24, 2.45) is 5.92 Å². The fourth-order valence-electron chi connectivity index (χ4n) is 2.36. The maximum atomic E-state index is 11.8. The van der Waals surface area contributed by atoms with E-state index in [1.807, 2.05) is 11.8 Å². The van der Waals surface area contributed by atoms with Crippen molar-refractivity contribution in [2.75, 3.05) is 40.3 Å². The van der Waals surface area contributed by atoms with Gasteiger partial charge >= 0.3 is 6.03 Å². The Bertz CT molecular complexity index is 376. The third-order valence-corrected chi connectivity index (χ3v) is 3.53. The lowest BCUT2D eigenvalue weighted by Gasteiger charge is -2.31. The number of amides is 4. The molecule has 0 bridgehead atoms. The summed E-state index contributed by atoms with van der Waals surface area (Å²) in [6, 6.07) is -0.445. The second-order valence-corrected chi connectivity index (χ2v) is 5.59. The Balaban J connectivity index is 2.27. The molecule has 0 atom stereocenters. The number of piperidine rings is 1. The van der Waals surface area contributed by atoms with Crippen LogP contribution in [0.15, 0.2) is 0 Å². The Morgan fingerprint density at radius 2 is 1.81 bits per heavy atom. The number of carbonyl (C=O) groups excluding carboxylic acids is 3. The van der Waals surface area contributed by atoms with Crippen LogP contribution < -0.4 is 10.6 Å². The number of hydrogen-bond acceptors (Lipinski definition) is 4. The summed E-state index contributed by atoms with van der Waals surface area (Å²) in [7, 11) is 3.52. The number of rotatable bonds is 5. The maximum absolute atomic E-state index is 11.8. The topological polar surface area (TPSA) is 81.8 Å². The van der Waals surface area contributed by atoms with Crippen LogP contribution in [0.3, 0.4) is 0 Å². The normalized spacial score (nSPS) is 16.3. The lowest BCUT2D eigenvalue weighted by Crippen LogP contribution is -2.47. The minimum atomic E-state index is -0.445. The van der Waals surface area contributed by atoms with Gasteiger partial charge in [0.1, 0.15) is 0 Å². The number of nitrogens with zero attached hydrogens (tertiary/aromatic N) is 2. The van der Waals surface area contributed by atoms with Crippen molar-refractivity contribution in [1.82, 2.24) is 20.4 Å². The number of urea groups is 1. The number of imide groups is 1. The second-order valence-electron chi connectivity index (χ2n) is 5.59. The minimum Gasteiger partial charge on any atom is -0.349 e. The average molecular weight is 298 g/mol. The molecule has 0 spiro atoms. The van der Waals surface area contributed by atoms with E-state index in [-0.39, 0.29) is 24.3 Å². The number of hydrogen-bond donors (Lipinski definition) is 2. The highest BCUT2D eigenvalue weighted by atomic mass is 16.2. The smallest absolute Gasteiger partial charge is 0.321 e. The summed E-state index contributed by atoms with van der Waals surface area (Å²) in [6.07, 6.45) is 2.34. The summed E-state index contributed by atoms with van der Waals surface area (Å²) in [6.45, 7) is 4.10. The predicted molar refractivity (Wildman–Crippen MR) is 79.7 cm³/mol. The van der Waals surface area contributed by atoms with Crippen LogP contribution in [0.25, 0.3) is 0 Å². The van der Waals surface area contributed by atoms with Gasteiger partial charge in [-0.3, -0.25) is 19.8 Å². The molecule has 1 heterocycles. The quantitative estimate of drug-likeness (QED) is 0.750. The van der Waals surface area contributed by atoms with E-state index in [2.05, 4.69) is 10.6 Å². The lowest BCUT2D eigenvalue weighted by atomic mass is 9.95. The summed E-state index contributed by atoms with van der Waals surface area (Å²) in [5, 5.41) is 4.90. The van der Waals surface area contributed by atoms with Crippen LogP contribution in [0.2, 0.25) is 0 Å². The molecule has 1 fully saturated rings. The first-order valence-corrected chi connectivity index (χ1v) is 7.45. The molecule has 0 aromatic heterocycles. The van der Waals surface area contributed by atoms with Gasteiger partial charge in [0, 0.05) is 26.6 Å². The molecule has 21 heavy (non-hydrogen) atoms. The molecule has 7 nitrogen and oxygen atoms in total. The molecule has 0 saturated carbocycles. The van der Waals surface area contributed by atoms with Gasteiger partial charge < -0.3 is 10.2 Å². The van der Waals surface area contributed by atoms with Gasteiger partial charge in [-0.05, 0) is 32.4 Å². The summed E-state index contributed by atoms with van der Waals surface area (Å²) < 4.78 is 0. The van der Waals surface area contributed by atoms with E-state index in [1.54, 1.807) is 19.0 Å². The zero-order valence-electron chi connectivity index (χ0n) is 13.1. The highest BCUT2D eigenvalue weighted by Gasteiger charge is 2.26. The van der Waals surface area contributed by atoms with Crippen LogP contribution in [-0.4, -0.2) is 67.9 Å². The molecule has 7 heteroatoms. The van der Waals surface area contributed by atoms with Crippen LogP contribution in [0, 0.1) is 5.92 Å². The van der Waals surface area contributed by atoms with Crippen LogP contribution in [0.1, 0.15) is 26.2 Å². The first-order valence-electron chi connectivity index (χ1n) is 7.45. The van der Waals surface area contributed by atoms with Crippen molar-refractivity contribution in [1.29, 1.82) is 0 Å². The van der Waals surface area contributed by atoms with Gasteiger partial charge in [-0.25, -0.2) is 4.79 Å². The average Bonchev–Trinajstić information content (AvgIpc) is 2.44. The molecule has 1 aliphatic rings. The SMILES string of the molecule is CCCNC(=O)NC(=O)CN1CCC(C(=O)N(C)C)CC1. The van der Waals surface area contributed by atoms with Gasteiger partial charge in [-0.15, -0.1) is 0 Å². The molecule has 1 aliphatic heterocycles. The standard InChI is InChI=1S/C14H26N4O3/c1-4-7-15-14(21)16-12(19)10-18-8-5-11(6-9-18)13(20)17(2)3/h11H,4-10H2,1-3H3,(H2,15,16,19,21). The third-order valence-electron chi connectivity index (χ3n) is 3.53. The van der Waals surface area contributed by atoms with Gasteiger partial charge in [0.25, 0.3) is 0 Å². The van der Waals surface area contributed by atoms with Gasteiger partial charge in [0.2, 0.25) is 11.8 Å². The van der Waals surface area contributed by atoms with Crippen molar-refractivity contribution in [3.05, 3.63) is 0 Å². The second kappa shape index (κ2) is 8.61. The number of likely N-dealkylation sites (tertiary alicyclic amines) is 1. The monoisotopic (exact) mass is 298 g/mol. The minimum absolute atomic E-state index is 0.0483. The van der Waals surface area contributed by atoms with Crippen LogP contribution in [-0.2, 0) is 9.59 Å². The molecule has 2 N–H and O–H groups in total. The zero-order valence-corrected chi connectivity index (χ0v) is 13.1. The molecule has 0 unspecified atom stereocenters. The molecule has 0 aliphatic carbocycles. The predicted octanol–water partition coefficient (Wildman–Crippen LogP) is 0.0224. The summed E-state index contributed by atoms with van der Waals surface area (Å²) in [4.78, 5) is 38.5. The Kier molecular flexibility index (Phi) is 7.14.